The molecule has 0 unspecified atom stereocenters. The Morgan fingerprint density at radius 3 is 2.55 bits per heavy atom. The van der Waals surface area contributed by atoms with Crippen LogP contribution < -0.4 is 5.32 Å². The van der Waals surface area contributed by atoms with Gasteiger partial charge in [-0.05, 0) is 38.3 Å². The van der Waals surface area contributed by atoms with Gasteiger partial charge in [0.2, 0.25) is 5.91 Å². The van der Waals surface area contributed by atoms with Crippen LogP contribution in [0, 0.1) is 12.8 Å². The monoisotopic (exact) mass is 432 g/mol. The molecular formula is C21H28N4O2S2. The molecule has 3 heterocycles. The molecule has 1 aliphatic carbocycles. The summed E-state index contributed by atoms with van der Waals surface area (Å²) in [6.07, 6.45) is 5.24. The van der Waals surface area contributed by atoms with Crippen LogP contribution in [0.5, 0.6) is 0 Å². The predicted molar refractivity (Wildman–Crippen MR) is 117 cm³/mol. The van der Waals surface area contributed by atoms with Crippen LogP contribution in [-0.2, 0) is 11.2 Å². The number of aromatic nitrogens is 1. The molecule has 8 heteroatoms. The Morgan fingerprint density at radius 1 is 1.14 bits per heavy atom. The Morgan fingerprint density at radius 2 is 1.86 bits per heavy atom. The van der Waals surface area contributed by atoms with E-state index in [1.165, 1.54) is 22.6 Å². The van der Waals surface area contributed by atoms with Gasteiger partial charge in [-0.1, -0.05) is 12.8 Å². The van der Waals surface area contributed by atoms with Gasteiger partial charge in [-0.25, -0.2) is 9.78 Å². The van der Waals surface area contributed by atoms with Crippen LogP contribution in [0.1, 0.15) is 35.6 Å². The summed E-state index contributed by atoms with van der Waals surface area (Å²) in [5.74, 6) is 0.519. The summed E-state index contributed by atoms with van der Waals surface area (Å²) >= 11 is 3.40. The van der Waals surface area contributed by atoms with E-state index in [1.54, 1.807) is 22.7 Å². The number of urea groups is 1. The van der Waals surface area contributed by atoms with E-state index in [1.807, 2.05) is 16.7 Å². The average molecular weight is 433 g/mol. The second kappa shape index (κ2) is 9.26. The molecular weight excluding hydrogens is 404 g/mol. The van der Waals surface area contributed by atoms with Crippen molar-refractivity contribution in [2.75, 3.05) is 32.7 Å². The van der Waals surface area contributed by atoms with Crippen molar-refractivity contribution < 1.29 is 9.59 Å². The van der Waals surface area contributed by atoms with E-state index < -0.39 is 0 Å². The number of carbonyl (C=O) groups excluding carboxylic acids is 2. The van der Waals surface area contributed by atoms with Crippen LogP contribution in [0.2, 0.25) is 0 Å². The van der Waals surface area contributed by atoms with Crippen molar-refractivity contribution in [2.24, 2.45) is 5.92 Å². The molecule has 0 aromatic carbocycles. The second-order valence-corrected chi connectivity index (χ2v) is 10.0. The minimum absolute atomic E-state index is 0.0233. The number of carbonyl (C=O) groups is 2. The number of thiophene rings is 1. The molecule has 2 aliphatic rings. The number of rotatable bonds is 5. The molecule has 4 rings (SSSR count). The number of hydrogen-bond acceptors (Lipinski definition) is 5. The summed E-state index contributed by atoms with van der Waals surface area (Å²) in [5.41, 5.74) is 1.04. The van der Waals surface area contributed by atoms with E-state index in [0.29, 0.717) is 38.6 Å². The fraction of sp³-hybridized carbons (Fsp3) is 0.571. The maximum Gasteiger partial charge on any atom is 0.317 e. The largest absolute Gasteiger partial charge is 0.339 e. The summed E-state index contributed by atoms with van der Waals surface area (Å²) in [6.45, 7) is 5.19. The number of nitrogens with zero attached hydrogens (tertiary/aromatic N) is 3. The first kappa shape index (κ1) is 20.3. The Kier molecular flexibility index (Phi) is 6.50. The molecule has 0 atom stereocenters. The highest BCUT2D eigenvalue weighted by Crippen LogP contribution is 2.29. The lowest BCUT2D eigenvalue weighted by atomic mass is 10.1. The van der Waals surface area contributed by atoms with Crippen molar-refractivity contribution in [3.8, 4) is 10.6 Å². The SMILES string of the molecule is Cc1nc(-c2ccc(CCNC(=O)N3CCN(C(=O)C4CCCC4)CC3)s2)cs1. The maximum absolute atomic E-state index is 12.5. The summed E-state index contributed by atoms with van der Waals surface area (Å²) < 4.78 is 0. The first-order valence-corrected chi connectivity index (χ1v) is 12.1. The molecule has 2 aromatic heterocycles. The fourth-order valence-electron chi connectivity index (χ4n) is 4.09. The first-order chi connectivity index (χ1) is 14.1. The first-order valence-electron chi connectivity index (χ1n) is 10.4. The third-order valence-corrected chi connectivity index (χ3v) is 7.70. The second-order valence-electron chi connectivity index (χ2n) is 7.79. The molecule has 1 saturated carbocycles. The van der Waals surface area contributed by atoms with Gasteiger partial charge in [0.05, 0.1) is 15.6 Å². The molecule has 2 aromatic rings. The van der Waals surface area contributed by atoms with Gasteiger partial charge >= 0.3 is 6.03 Å². The molecule has 1 saturated heterocycles. The number of thiazole rings is 1. The van der Waals surface area contributed by atoms with Crippen LogP contribution in [0.15, 0.2) is 17.5 Å². The Labute approximate surface area is 179 Å². The number of piperazine rings is 1. The molecule has 156 valence electrons. The third-order valence-electron chi connectivity index (χ3n) is 5.76. The van der Waals surface area contributed by atoms with E-state index in [-0.39, 0.29) is 11.9 Å². The minimum Gasteiger partial charge on any atom is -0.339 e. The summed E-state index contributed by atoms with van der Waals surface area (Å²) in [7, 11) is 0. The van der Waals surface area contributed by atoms with Gasteiger partial charge in [-0.3, -0.25) is 4.79 Å². The zero-order chi connectivity index (χ0) is 20.2. The predicted octanol–water partition coefficient (Wildman–Crippen LogP) is 3.77. The average Bonchev–Trinajstić information content (AvgIpc) is 3.49. The van der Waals surface area contributed by atoms with Crippen molar-refractivity contribution in [2.45, 2.75) is 39.0 Å². The third kappa shape index (κ3) is 4.98. The molecule has 0 bridgehead atoms. The zero-order valence-corrected chi connectivity index (χ0v) is 18.5. The van der Waals surface area contributed by atoms with Crippen molar-refractivity contribution in [1.82, 2.24) is 20.1 Å². The molecule has 6 nitrogen and oxygen atoms in total. The number of nitrogens with one attached hydrogen (secondary N) is 1. The van der Waals surface area contributed by atoms with Crippen molar-refractivity contribution in [3.63, 3.8) is 0 Å². The molecule has 0 spiro atoms. The van der Waals surface area contributed by atoms with E-state index in [9.17, 15) is 9.59 Å². The zero-order valence-electron chi connectivity index (χ0n) is 16.9. The topological polar surface area (TPSA) is 65.5 Å². The quantitative estimate of drug-likeness (QED) is 0.782. The molecule has 0 radical (unpaired) electrons. The van der Waals surface area contributed by atoms with Crippen LogP contribution in [0.4, 0.5) is 4.79 Å². The van der Waals surface area contributed by atoms with E-state index in [4.69, 9.17) is 0 Å². The van der Waals surface area contributed by atoms with Crippen molar-refractivity contribution >= 4 is 34.6 Å². The molecule has 1 aliphatic heterocycles. The summed E-state index contributed by atoms with van der Waals surface area (Å²) in [5, 5.41) is 6.19. The van der Waals surface area contributed by atoms with E-state index in [0.717, 1.165) is 30.0 Å². The lowest BCUT2D eigenvalue weighted by Crippen LogP contribution is -2.54. The van der Waals surface area contributed by atoms with Crippen molar-refractivity contribution in [3.05, 3.63) is 27.4 Å². The molecule has 29 heavy (non-hydrogen) atoms. The van der Waals surface area contributed by atoms with Gasteiger partial charge in [0.1, 0.15) is 0 Å². The highest BCUT2D eigenvalue weighted by atomic mass is 32.1. The fourth-order valence-corrected chi connectivity index (χ4v) is 5.75. The normalized spacial score (nSPS) is 17.7. The standard InChI is InChI=1S/C21H28N4O2S2/c1-15-23-18(14-28-15)19-7-6-17(29-19)8-9-22-21(27)25-12-10-24(11-13-25)20(26)16-4-2-3-5-16/h6-7,14,16H,2-5,8-13H2,1H3,(H,22,27). The van der Waals surface area contributed by atoms with Gasteiger partial charge in [0.25, 0.3) is 0 Å². The number of amides is 3. The Balaban J connectivity index is 1.19. The highest BCUT2D eigenvalue weighted by molar-refractivity contribution is 7.16. The van der Waals surface area contributed by atoms with Crippen molar-refractivity contribution in [1.29, 1.82) is 0 Å². The molecule has 1 N–H and O–H groups in total. The number of hydrogen-bond donors (Lipinski definition) is 1. The maximum atomic E-state index is 12.5. The van der Waals surface area contributed by atoms with Gasteiger partial charge in [0.15, 0.2) is 0 Å². The smallest absolute Gasteiger partial charge is 0.317 e. The number of aryl methyl sites for hydroxylation is 1. The van der Waals surface area contributed by atoms with Gasteiger partial charge < -0.3 is 15.1 Å². The summed E-state index contributed by atoms with van der Waals surface area (Å²) in [4.78, 5) is 35.7. The van der Waals surface area contributed by atoms with Crippen LogP contribution in [0.25, 0.3) is 10.6 Å². The van der Waals surface area contributed by atoms with Crippen LogP contribution in [0.3, 0.4) is 0 Å². The van der Waals surface area contributed by atoms with Crippen LogP contribution in [-0.4, -0.2) is 59.4 Å². The van der Waals surface area contributed by atoms with E-state index >= 15 is 0 Å². The minimum atomic E-state index is -0.0233. The van der Waals surface area contributed by atoms with E-state index in [2.05, 4.69) is 27.8 Å². The Hall–Kier alpha value is -1.93. The van der Waals surface area contributed by atoms with Crippen LogP contribution >= 0.6 is 22.7 Å². The highest BCUT2D eigenvalue weighted by Gasteiger charge is 2.30. The summed E-state index contributed by atoms with van der Waals surface area (Å²) in [6, 6.07) is 4.20. The molecule has 3 amide bonds. The lowest BCUT2D eigenvalue weighted by molar-refractivity contribution is -0.136. The lowest BCUT2D eigenvalue weighted by Gasteiger charge is -2.36. The Bertz CT molecular complexity index is 848. The molecule has 2 fully saturated rings. The van der Waals surface area contributed by atoms with Gasteiger partial charge in [-0.2, -0.15) is 0 Å². The van der Waals surface area contributed by atoms with Gasteiger partial charge in [-0.15, -0.1) is 22.7 Å². The van der Waals surface area contributed by atoms with Gasteiger partial charge in [0, 0.05) is 48.9 Å².